The lowest BCUT2D eigenvalue weighted by Gasteiger charge is -2.26. The number of morpholine rings is 1. The fourth-order valence-corrected chi connectivity index (χ4v) is 4.22. The molecule has 0 aliphatic carbocycles. The van der Waals surface area contributed by atoms with Crippen LogP contribution in [0.25, 0.3) is 0 Å². The molecule has 0 aromatic heterocycles. The van der Waals surface area contributed by atoms with E-state index in [1.807, 2.05) is 24.3 Å². The maximum Gasteiger partial charge on any atom is 0.490 e. The molecule has 1 aliphatic rings. The van der Waals surface area contributed by atoms with Gasteiger partial charge in [0.25, 0.3) is 0 Å². The standard InChI is InChI=1S/C30H35N5O7.C2HF3O2/c1-39-26-9-4-3-8-24(26)33-30(38)34-25-19-22(10-11-27(25)40-2)32-29(37)28(36)31-20-21-6-5-7-23(18-21)42-17-14-35-12-15-41-16-13-35;3-2(4,5)1(6)7/h3-11,18-19H,12-17,20H2,1-2H3,(H,31,36)(H,32,37)(H2,33,34,38);(H,6,7). The van der Waals surface area contributed by atoms with E-state index in [0.29, 0.717) is 35.2 Å². The van der Waals surface area contributed by atoms with Gasteiger partial charge in [0.05, 0.1) is 38.8 Å². The summed E-state index contributed by atoms with van der Waals surface area (Å²) >= 11 is 0. The highest BCUT2D eigenvalue weighted by Crippen LogP contribution is 2.29. The van der Waals surface area contributed by atoms with Crippen molar-refractivity contribution in [1.29, 1.82) is 0 Å². The number of aliphatic carboxylic acids is 1. The van der Waals surface area contributed by atoms with E-state index < -0.39 is 30.0 Å². The minimum Gasteiger partial charge on any atom is -0.495 e. The number of nitrogens with one attached hydrogen (secondary N) is 4. The Bertz CT molecular complexity index is 1580. The minimum absolute atomic E-state index is 0.144. The van der Waals surface area contributed by atoms with Crippen LogP contribution in [0.15, 0.2) is 66.7 Å². The molecule has 4 rings (SSSR count). The smallest absolute Gasteiger partial charge is 0.490 e. The number of benzene rings is 3. The number of carbonyl (C=O) groups is 4. The number of halogens is 3. The van der Waals surface area contributed by atoms with E-state index in [1.165, 1.54) is 20.3 Å². The Morgan fingerprint density at radius 1 is 0.837 bits per heavy atom. The number of hydrogen-bond acceptors (Lipinski definition) is 9. The zero-order valence-corrected chi connectivity index (χ0v) is 26.6. The Kier molecular flexibility index (Phi) is 14.5. The topological polar surface area (TPSA) is 177 Å². The summed E-state index contributed by atoms with van der Waals surface area (Å²) in [6, 6.07) is 18.4. The van der Waals surface area contributed by atoms with Crippen molar-refractivity contribution in [2.24, 2.45) is 0 Å². The van der Waals surface area contributed by atoms with E-state index in [2.05, 4.69) is 26.2 Å². The average molecular weight is 692 g/mol. The fourth-order valence-electron chi connectivity index (χ4n) is 4.22. The van der Waals surface area contributed by atoms with Crippen molar-refractivity contribution in [1.82, 2.24) is 10.2 Å². The first-order valence-electron chi connectivity index (χ1n) is 14.7. The van der Waals surface area contributed by atoms with E-state index in [4.69, 9.17) is 28.8 Å². The summed E-state index contributed by atoms with van der Waals surface area (Å²) in [7, 11) is 2.96. The molecule has 0 unspecified atom stereocenters. The maximum atomic E-state index is 12.6. The molecule has 4 amide bonds. The number of hydrogen-bond donors (Lipinski definition) is 5. The molecule has 0 spiro atoms. The average Bonchev–Trinajstić information content (AvgIpc) is 3.08. The predicted molar refractivity (Wildman–Crippen MR) is 172 cm³/mol. The second-order valence-corrected chi connectivity index (χ2v) is 10.1. The number of ether oxygens (including phenoxy) is 4. The molecule has 1 fully saturated rings. The predicted octanol–water partition coefficient (Wildman–Crippen LogP) is 3.95. The molecular formula is C32H36F3N5O9. The first kappa shape index (κ1) is 37.9. The van der Waals surface area contributed by atoms with Crippen LogP contribution in [0.1, 0.15) is 5.56 Å². The summed E-state index contributed by atoms with van der Waals surface area (Å²) in [4.78, 5) is 48.9. The molecular weight excluding hydrogens is 655 g/mol. The number of alkyl halides is 3. The number of methoxy groups -OCH3 is 2. The van der Waals surface area contributed by atoms with E-state index in [-0.39, 0.29) is 12.2 Å². The second-order valence-electron chi connectivity index (χ2n) is 10.1. The lowest BCUT2D eigenvalue weighted by molar-refractivity contribution is -0.192. The summed E-state index contributed by atoms with van der Waals surface area (Å²) < 4.78 is 53.5. The zero-order chi connectivity index (χ0) is 35.8. The highest BCUT2D eigenvalue weighted by molar-refractivity contribution is 6.39. The number of rotatable bonds is 11. The Labute approximate surface area is 279 Å². The number of para-hydroxylation sites is 2. The monoisotopic (exact) mass is 691 g/mol. The van der Waals surface area contributed by atoms with Crippen LogP contribution in [0.4, 0.5) is 35.0 Å². The quantitative estimate of drug-likeness (QED) is 0.185. The summed E-state index contributed by atoms with van der Waals surface area (Å²) in [5.74, 6) is -2.88. The van der Waals surface area contributed by atoms with Crippen LogP contribution in [0.3, 0.4) is 0 Å². The zero-order valence-electron chi connectivity index (χ0n) is 26.6. The Hall–Kier alpha value is -5.55. The minimum atomic E-state index is -5.08. The molecule has 0 radical (unpaired) electrons. The van der Waals surface area contributed by atoms with Crippen LogP contribution >= 0.6 is 0 Å². The molecule has 0 bridgehead atoms. The van der Waals surface area contributed by atoms with E-state index in [9.17, 15) is 27.6 Å². The lowest BCUT2D eigenvalue weighted by atomic mass is 10.2. The molecule has 5 N–H and O–H groups in total. The van der Waals surface area contributed by atoms with Crippen molar-refractivity contribution in [3.63, 3.8) is 0 Å². The molecule has 3 aromatic carbocycles. The van der Waals surface area contributed by atoms with Crippen LogP contribution in [0, 0.1) is 0 Å². The van der Waals surface area contributed by atoms with Crippen molar-refractivity contribution in [3.05, 3.63) is 72.3 Å². The van der Waals surface area contributed by atoms with Crippen molar-refractivity contribution >= 4 is 40.9 Å². The fraction of sp³-hybridized carbons (Fsp3) is 0.312. The van der Waals surface area contributed by atoms with Gasteiger partial charge < -0.3 is 45.3 Å². The highest BCUT2D eigenvalue weighted by atomic mass is 19.4. The number of carbonyl (C=O) groups excluding carboxylic acids is 3. The summed E-state index contributed by atoms with van der Waals surface area (Å²) in [5.41, 5.74) is 1.84. The third kappa shape index (κ3) is 12.9. The molecule has 0 atom stereocenters. The summed E-state index contributed by atoms with van der Waals surface area (Å²) in [6.07, 6.45) is -5.08. The first-order valence-corrected chi connectivity index (χ1v) is 14.7. The Morgan fingerprint density at radius 2 is 1.49 bits per heavy atom. The molecule has 1 aliphatic heterocycles. The molecule has 1 heterocycles. The molecule has 1 saturated heterocycles. The molecule has 49 heavy (non-hydrogen) atoms. The van der Waals surface area contributed by atoms with Gasteiger partial charge in [-0.25, -0.2) is 9.59 Å². The number of carboxylic acids is 1. The summed E-state index contributed by atoms with van der Waals surface area (Å²) in [6.45, 7) is 4.75. The molecule has 0 saturated carbocycles. The molecule has 17 heteroatoms. The summed E-state index contributed by atoms with van der Waals surface area (Å²) in [5, 5.41) is 17.7. The first-order chi connectivity index (χ1) is 23.4. The van der Waals surface area contributed by atoms with Gasteiger partial charge in [-0.05, 0) is 48.0 Å². The third-order valence-corrected chi connectivity index (χ3v) is 6.64. The lowest BCUT2D eigenvalue weighted by Crippen LogP contribution is -2.38. The number of carboxylic acid groups (broad SMARTS) is 1. The Balaban J connectivity index is 0.000000838. The van der Waals surface area contributed by atoms with Gasteiger partial charge in [-0.15, -0.1) is 0 Å². The number of anilines is 3. The van der Waals surface area contributed by atoms with E-state index in [0.717, 1.165) is 38.4 Å². The van der Waals surface area contributed by atoms with Crippen molar-refractivity contribution in [2.45, 2.75) is 12.7 Å². The highest BCUT2D eigenvalue weighted by Gasteiger charge is 2.38. The van der Waals surface area contributed by atoms with Gasteiger partial charge in [0, 0.05) is 31.9 Å². The second kappa shape index (κ2) is 18.7. The van der Waals surface area contributed by atoms with Gasteiger partial charge in [-0.2, -0.15) is 13.2 Å². The van der Waals surface area contributed by atoms with E-state index in [1.54, 1.807) is 36.4 Å². The largest absolute Gasteiger partial charge is 0.495 e. The number of urea groups is 1. The van der Waals surface area contributed by atoms with Gasteiger partial charge in [-0.1, -0.05) is 24.3 Å². The third-order valence-electron chi connectivity index (χ3n) is 6.64. The number of amides is 4. The van der Waals surface area contributed by atoms with Crippen LogP contribution in [0.2, 0.25) is 0 Å². The van der Waals surface area contributed by atoms with Crippen LogP contribution in [-0.4, -0.2) is 93.7 Å². The van der Waals surface area contributed by atoms with Crippen LogP contribution in [-0.2, 0) is 25.7 Å². The van der Waals surface area contributed by atoms with Crippen LogP contribution in [0.5, 0.6) is 17.2 Å². The van der Waals surface area contributed by atoms with Crippen LogP contribution < -0.4 is 35.5 Å². The SMILES string of the molecule is COc1ccccc1NC(=O)Nc1cc(NC(=O)C(=O)NCc2cccc(OCCN3CCOCC3)c2)ccc1OC.O=C(O)C(F)(F)F. The van der Waals surface area contributed by atoms with Gasteiger partial charge in [0.1, 0.15) is 23.9 Å². The van der Waals surface area contributed by atoms with Gasteiger partial charge >= 0.3 is 30.0 Å². The molecule has 14 nitrogen and oxygen atoms in total. The van der Waals surface area contributed by atoms with Crippen molar-refractivity contribution < 1.29 is 56.4 Å². The van der Waals surface area contributed by atoms with Gasteiger partial charge in [0.2, 0.25) is 0 Å². The molecule has 264 valence electrons. The van der Waals surface area contributed by atoms with Crippen molar-refractivity contribution in [3.8, 4) is 17.2 Å². The maximum absolute atomic E-state index is 12.6. The normalized spacial score (nSPS) is 12.8. The molecule has 3 aromatic rings. The van der Waals surface area contributed by atoms with E-state index >= 15 is 0 Å². The van der Waals surface area contributed by atoms with Gasteiger partial charge in [-0.3, -0.25) is 14.5 Å². The van der Waals surface area contributed by atoms with Gasteiger partial charge in [0.15, 0.2) is 0 Å². The van der Waals surface area contributed by atoms with Crippen molar-refractivity contribution in [2.75, 3.05) is 69.6 Å². The Morgan fingerprint density at radius 3 is 2.16 bits per heavy atom. The number of nitrogens with zero attached hydrogens (tertiary/aromatic N) is 1.